The lowest BCUT2D eigenvalue weighted by atomic mass is 10.1. The molecule has 0 aromatic carbocycles. The lowest BCUT2D eigenvalue weighted by Gasteiger charge is -2.25. The standard InChI is InChI=1S/C20H41O9P/c1-2-3-4-5-6-7-8-9-10-11-12-13-20(24)29-19(15-22)17-28-30(25,26)27-16-18(23)14-21/h18-19,21-23H,2-17H2,1H3,(H,25,26)/p-1/t18-,19+/m0/s1. The molecule has 0 aromatic rings. The van der Waals surface area contributed by atoms with Gasteiger partial charge in [0.05, 0.1) is 26.4 Å². The summed E-state index contributed by atoms with van der Waals surface area (Å²) in [5.74, 6) is -0.522. The van der Waals surface area contributed by atoms with Gasteiger partial charge in [0.15, 0.2) is 0 Å². The molecule has 0 saturated carbocycles. The number of carbonyl (C=O) groups is 1. The number of ether oxygens (including phenoxy) is 1. The van der Waals surface area contributed by atoms with Crippen LogP contribution in [0.2, 0.25) is 0 Å². The molecule has 0 aliphatic rings. The van der Waals surface area contributed by atoms with Crippen LogP contribution in [0.4, 0.5) is 0 Å². The van der Waals surface area contributed by atoms with E-state index in [1.54, 1.807) is 0 Å². The number of unbranched alkanes of at least 4 members (excludes halogenated alkanes) is 10. The molecular weight excluding hydrogens is 415 g/mol. The zero-order valence-electron chi connectivity index (χ0n) is 18.2. The molecule has 0 rings (SSSR count). The normalized spacial score (nSPS) is 15.5. The van der Waals surface area contributed by atoms with E-state index in [4.69, 9.17) is 14.9 Å². The average molecular weight is 456 g/mol. The molecule has 3 N–H and O–H groups in total. The van der Waals surface area contributed by atoms with Crippen LogP contribution in [0.1, 0.15) is 84.0 Å². The highest BCUT2D eigenvalue weighted by Crippen LogP contribution is 2.38. The van der Waals surface area contributed by atoms with E-state index in [0.717, 1.165) is 19.3 Å². The third-order valence-electron chi connectivity index (χ3n) is 4.54. The lowest BCUT2D eigenvalue weighted by molar-refractivity contribution is -0.230. The van der Waals surface area contributed by atoms with Gasteiger partial charge in [0.1, 0.15) is 12.2 Å². The summed E-state index contributed by atoms with van der Waals surface area (Å²) in [5, 5.41) is 26.9. The first-order valence-electron chi connectivity index (χ1n) is 11.0. The predicted octanol–water partition coefficient (Wildman–Crippen LogP) is 2.45. The van der Waals surface area contributed by atoms with Crippen LogP contribution in [-0.2, 0) is 23.1 Å². The van der Waals surface area contributed by atoms with Crippen LogP contribution in [0.3, 0.4) is 0 Å². The monoisotopic (exact) mass is 455 g/mol. The average Bonchev–Trinajstić information content (AvgIpc) is 2.73. The number of rotatable bonds is 21. The van der Waals surface area contributed by atoms with E-state index in [1.165, 1.54) is 44.9 Å². The Morgan fingerprint density at radius 1 is 0.867 bits per heavy atom. The second-order valence-corrected chi connectivity index (χ2v) is 8.87. The third-order valence-corrected chi connectivity index (χ3v) is 5.47. The van der Waals surface area contributed by atoms with Crippen LogP contribution < -0.4 is 4.89 Å². The predicted molar refractivity (Wildman–Crippen MR) is 111 cm³/mol. The molecule has 10 heteroatoms. The van der Waals surface area contributed by atoms with Crippen molar-refractivity contribution in [3.8, 4) is 0 Å². The minimum atomic E-state index is -4.74. The summed E-state index contributed by atoms with van der Waals surface area (Å²) >= 11 is 0. The Morgan fingerprint density at radius 2 is 1.37 bits per heavy atom. The van der Waals surface area contributed by atoms with Gasteiger partial charge in [-0.25, -0.2) is 0 Å². The first kappa shape index (κ1) is 29.5. The summed E-state index contributed by atoms with van der Waals surface area (Å²) in [5.41, 5.74) is 0. The molecule has 30 heavy (non-hydrogen) atoms. The van der Waals surface area contributed by atoms with Gasteiger partial charge in [0, 0.05) is 6.42 Å². The maximum Gasteiger partial charge on any atom is 0.306 e. The van der Waals surface area contributed by atoms with Crippen molar-refractivity contribution in [1.29, 1.82) is 0 Å². The van der Waals surface area contributed by atoms with E-state index in [2.05, 4.69) is 16.0 Å². The number of carbonyl (C=O) groups excluding carboxylic acids is 1. The molecule has 0 amide bonds. The van der Waals surface area contributed by atoms with Crippen molar-refractivity contribution in [2.45, 2.75) is 96.2 Å². The van der Waals surface area contributed by atoms with E-state index in [1.807, 2.05) is 0 Å². The summed E-state index contributed by atoms with van der Waals surface area (Å²) in [7, 11) is -4.74. The highest BCUT2D eigenvalue weighted by atomic mass is 31.2. The molecule has 0 heterocycles. The van der Waals surface area contributed by atoms with Crippen LogP contribution >= 0.6 is 7.82 Å². The SMILES string of the molecule is CCCCCCCCCCCCCC(=O)O[C@H](CO)COP(=O)([O-])OC[C@@H](O)CO. The second kappa shape index (κ2) is 19.2. The number of hydrogen-bond acceptors (Lipinski definition) is 9. The van der Waals surface area contributed by atoms with Gasteiger partial charge in [0.25, 0.3) is 7.82 Å². The highest BCUT2D eigenvalue weighted by Gasteiger charge is 2.19. The van der Waals surface area contributed by atoms with Gasteiger partial charge in [-0.1, -0.05) is 71.1 Å². The number of phosphoric acid groups is 1. The number of aliphatic hydroxyl groups excluding tert-OH is 3. The molecule has 9 nitrogen and oxygen atoms in total. The Balaban J connectivity index is 3.78. The van der Waals surface area contributed by atoms with Crippen molar-refractivity contribution in [3.05, 3.63) is 0 Å². The van der Waals surface area contributed by atoms with E-state index >= 15 is 0 Å². The minimum absolute atomic E-state index is 0.196. The highest BCUT2D eigenvalue weighted by molar-refractivity contribution is 7.45. The van der Waals surface area contributed by atoms with Gasteiger partial charge in [-0.05, 0) is 6.42 Å². The zero-order valence-corrected chi connectivity index (χ0v) is 19.1. The van der Waals surface area contributed by atoms with E-state index in [-0.39, 0.29) is 6.42 Å². The summed E-state index contributed by atoms with van der Waals surface area (Å²) < 4.78 is 25.4. The van der Waals surface area contributed by atoms with Crippen LogP contribution in [-0.4, -0.2) is 59.9 Å². The van der Waals surface area contributed by atoms with Gasteiger partial charge in [-0.2, -0.15) is 0 Å². The van der Waals surface area contributed by atoms with Crippen molar-refractivity contribution < 1.29 is 43.4 Å². The van der Waals surface area contributed by atoms with E-state index in [9.17, 15) is 19.4 Å². The van der Waals surface area contributed by atoms with Crippen molar-refractivity contribution in [1.82, 2.24) is 0 Å². The van der Waals surface area contributed by atoms with Crippen molar-refractivity contribution in [2.24, 2.45) is 0 Å². The molecule has 1 unspecified atom stereocenters. The summed E-state index contributed by atoms with van der Waals surface area (Å²) in [6, 6.07) is 0. The molecule has 0 fully saturated rings. The van der Waals surface area contributed by atoms with Gasteiger partial charge < -0.3 is 34.0 Å². The summed E-state index contributed by atoms with van der Waals surface area (Å²) in [4.78, 5) is 23.3. The maximum absolute atomic E-state index is 11.8. The fraction of sp³-hybridized carbons (Fsp3) is 0.950. The number of aliphatic hydroxyl groups is 3. The van der Waals surface area contributed by atoms with E-state index < -0.39 is 52.4 Å². The fourth-order valence-corrected chi connectivity index (χ4v) is 3.52. The largest absolute Gasteiger partial charge is 0.756 e. The molecule has 0 spiro atoms. The van der Waals surface area contributed by atoms with Crippen molar-refractivity contribution >= 4 is 13.8 Å². The smallest absolute Gasteiger partial charge is 0.306 e. The minimum Gasteiger partial charge on any atom is -0.756 e. The Bertz CT molecular complexity index is 462. The lowest BCUT2D eigenvalue weighted by Crippen LogP contribution is -2.28. The number of esters is 1. The Morgan fingerprint density at radius 3 is 1.87 bits per heavy atom. The van der Waals surface area contributed by atoms with Gasteiger partial charge >= 0.3 is 5.97 Å². The second-order valence-electron chi connectivity index (χ2n) is 7.46. The Labute approximate surface area is 180 Å². The summed E-state index contributed by atoms with van der Waals surface area (Å²) in [6.45, 7) is -0.280. The van der Waals surface area contributed by atoms with E-state index in [0.29, 0.717) is 6.42 Å². The summed E-state index contributed by atoms with van der Waals surface area (Å²) in [6.07, 6.45) is 10.5. The van der Waals surface area contributed by atoms with Crippen molar-refractivity contribution in [2.75, 3.05) is 26.4 Å². The fourth-order valence-electron chi connectivity index (χ4n) is 2.74. The first-order valence-corrected chi connectivity index (χ1v) is 12.5. The van der Waals surface area contributed by atoms with Gasteiger partial charge in [-0.15, -0.1) is 0 Å². The van der Waals surface area contributed by atoms with Crippen LogP contribution in [0.25, 0.3) is 0 Å². The van der Waals surface area contributed by atoms with Crippen LogP contribution in [0.5, 0.6) is 0 Å². The van der Waals surface area contributed by atoms with Crippen LogP contribution in [0, 0.1) is 0 Å². The van der Waals surface area contributed by atoms with Crippen LogP contribution in [0.15, 0.2) is 0 Å². The zero-order chi connectivity index (χ0) is 22.7. The Hall–Kier alpha value is -0.540. The number of phosphoric ester groups is 1. The quantitative estimate of drug-likeness (QED) is 0.135. The molecule has 0 aliphatic heterocycles. The third kappa shape index (κ3) is 18.2. The van der Waals surface area contributed by atoms with Crippen molar-refractivity contribution in [3.63, 3.8) is 0 Å². The number of hydrogen-bond donors (Lipinski definition) is 3. The molecule has 0 aliphatic carbocycles. The molecule has 0 radical (unpaired) electrons. The molecule has 0 saturated heterocycles. The molecule has 180 valence electrons. The molecule has 0 bridgehead atoms. The molecule has 0 aromatic heterocycles. The molecular formula is C20H40O9P-. The van der Waals surface area contributed by atoms with Gasteiger partial charge in [0.2, 0.25) is 0 Å². The Kier molecular flexibility index (Phi) is 18.8. The first-order chi connectivity index (χ1) is 14.3. The van der Waals surface area contributed by atoms with Gasteiger partial charge in [-0.3, -0.25) is 9.36 Å². The topological polar surface area (TPSA) is 146 Å². The maximum atomic E-state index is 11.8. The molecule has 3 atom stereocenters.